The van der Waals surface area contributed by atoms with Crippen LogP contribution in [0.2, 0.25) is 0 Å². The molecule has 0 aromatic heterocycles. The highest BCUT2D eigenvalue weighted by atomic mass is 16.3. The lowest BCUT2D eigenvalue weighted by molar-refractivity contribution is -0.121. The zero-order valence-electron chi connectivity index (χ0n) is 16.1. The molecule has 0 saturated carbocycles. The molecule has 0 saturated heterocycles. The monoisotopic (exact) mass is 336 g/mol. The van der Waals surface area contributed by atoms with Crippen molar-refractivity contribution in [3.8, 4) is 0 Å². The highest BCUT2D eigenvalue weighted by Gasteiger charge is 2.07. The van der Waals surface area contributed by atoms with E-state index in [-0.39, 0.29) is 5.78 Å². The summed E-state index contributed by atoms with van der Waals surface area (Å²) in [6, 6.07) is 0. The van der Waals surface area contributed by atoms with Crippen molar-refractivity contribution in [3.63, 3.8) is 0 Å². The third kappa shape index (κ3) is 17.5. The number of hydrogen-bond acceptors (Lipinski definition) is 2. The molecule has 140 valence electrons. The highest BCUT2D eigenvalue weighted by molar-refractivity contribution is 5.78. The van der Waals surface area contributed by atoms with E-state index in [0.717, 1.165) is 19.3 Å². The van der Waals surface area contributed by atoms with Gasteiger partial charge in [-0.15, -0.1) is 0 Å². The maximum atomic E-state index is 11.6. The molecule has 1 N–H and O–H groups in total. The molecule has 1 unspecified atom stereocenters. The first kappa shape index (κ1) is 23.1. The second-order valence-corrected chi connectivity index (χ2v) is 6.79. The molecule has 0 aliphatic rings. The van der Waals surface area contributed by atoms with Gasteiger partial charge in [0.25, 0.3) is 0 Å². The van der Waals surface area contributed by atoms with Crippen LogP contribution < -0.4 is 0 Å². The maximum absolute atomic E-state index is 11.6. The Morgan fingerprint density at radius 2 is 1.42 bits per heavy atom. The van der Waals surface area contributed by atoms with Crippen molar-refractivity contribution in [2.75, 3.05) is 0 Å². The molecule has 0 spiro atoms. The van der Waals surface area contributed by atoms with Gasteiger partial charge in [-0.1, -0.05) is 70.3 Å². The number of carbonyl (C=O) groups excluding carboxylic acids is 1. The number of rotatable bonds is 17. The quantitative estimate of drug-likeness (QED) is 0.242. The van der Waals surface area contributed by atoms with Gasteiger partial charge in [-0.2, -0.15) is 0 Å². The molecule has 0 bridgehead atoms. The van der Waals surface area contributed by atoms with E-state index in [9.17, 15) is 9.90 Å². The lowest BCUT2D eigenvalue weighted by atomic mass is 10.0. The molecule has 0 aromatic rings. The summed E-state index contributed by atoms with van der Waals surface area (Å²) in [6.07, 6.45) is 23.6. The normalized spacial score (nSPS) is 13.1. The first-order valence-corrected chi connectivity index (χ1v) is 10.2. The first-order valence-electron chi connectivity index (χ1n) is 10.2. The van der Waals surface area contributed by atoms with Gasteiger partial charge in [0.1, 0.15) is 5.78 Å². The number of ketones is 1. The van der Waals surface area contributed by atoms with Crippen LogP contribution in [-0.4, -0.2) is 17.0 Å². The minimum atomic E-state index is -0.435. The van der Waals surface area contributed by atoms with Crippen molar-refractivity contribution in [1.82, 2.24) is 0 Å². The molecule has 24 heavy (non-hydrogen) atoms. The van der Waals surface area contributed by atoms with Gasteiger partial charge in [0, 0.05) is 12.8 Å². The van der Waals surface area contributed by atoms with Crippen molar-refractivity contribution in [2.45, 2.75) is 110 Å². The van der Waals surface area contributed by atoms with Gasteiger partial charge in [0.05, 0.1) is 6.10 Å². The number of carbonyl (C=O) groups is 1. The van der Waals surface area contributed by atoms with Crippen molar-refractivity contribution in [1.29, 1.82) is 0 Å². The Labute approximate surface area is 150 Å². The molecule has 0 fully saturated rings. The lowest BCUT2D eigenvalue weighted by Gasteiger charge is -2.06. The Hall–Kier alpha value is -0.890. The van der Waals surface area contributed by atoms with Crippen molar-refractivity contribution in [3.05, 3.63) is 24.3 Å². The summed E-state index contributed by atoms with van der Waals surface area (Å²) in [4.78, 5) is 11.6. The summed E-state index contributed by atoms with van der Waals surface area (Å²) >= 11 is 0. The molecule has 0 rings (SSSR count). The van der Waals surface area contributed by atoms with E-state index in [1.807, 2.05) is 6.92 Å². The molecular formula is C22H40O2. The predicted octanol–water partition coefficient (Wildman–Crippen LogP) is 6.53. The summed E-state index contributed by atoms with van der Waals surface area (Å²) in [5.74, 6) is 0.218. The van der Waals surface area contributed by atoms with Crippen LogP contribution in [0.1, 0.15) is 104 Å². The van der Waals surface area contributed by atoms with Crippen LogP contribution in [0.25, 0.3) is 0 Å². The Morgan fingerprint density at radius 3 is 2.04 bits per heavy atom. The van der Waals surface area contributed by atoms with Crippen LogP contribution in [-0.2, 0) is 4.79 Å². The fourth-order valence-corrected chi connectivity index (χ4v) is 2.64. The van der Waals surface area contributed by atoms with Crippen molar-refractivity contribution >= 4 is 5.78 Å². The van der Waals surface area contributed by atoms with Gasteiger partial charge in [0.2, 0.25) is 0 Å². The number of aliphatic hydroxyl groups is 1. The third-order valence-corrected chi connectivity index (χ3v) is 4.34. The average Bonchev–Trinajstić information content (AvgIpc) is 2.58. The molecule has 0 heterocycles. The zero-order valence-corrected chi connectivity index (χ0v) is 16.1. The predicted molar refractivity (Wildman–Crippen MR) is 105 cm³/mol. The van der Waals surface area contributed by atoms with Gasteiger partial charge >= 0.3 is 0 Å². The van der Waals surface area contributed by atoms with Crippen LogP contribution in [0.5, 0.6) is 0 Å². The van der Waals surface area contributed by atoms with E-state index in [2.05, 4.69) is 31.2 Å². The van der Waals surface area contributed by atoms with Crippen molar-refractivity contribution < 1.29 is 9.90 Å². The number of Topliss-reactive ketones (excluding diaryl/α,β-unsaturated/α-hetero) is 1. The van der Waals surface area contributed by atoms with E-state index in [0.29, 0.717) is 19.3 Å². The van der Waals surface area contributed by atoms with Crippen molar-refractivity contribution in [2.24, 2.45) is 0 Å². The minimum Gasteiger partial charge on any atom is -0.393 e. The van der Waals surface area contributed by atoms with E-state index in [1.165, 1.54) is 51.4 Å². The molecular weight excluding hydrogens is 296 g/mol. The molecule has 1 atom stereocenters. The highest BCUT2D eigenvalue weighted by Crippen LogP contribution is 2.10. The Kier molecular flexibility index (Phi) is 17.8. The zero-order chi connectivity index (χ0) is 17.9. The fraction of sp³-hybridized carbons (Fsp3) is 0.773. The second-order valence-electron chi connectivity index (χ2n) is 6.79. The summed E-state index contributed by atoms with van der Waals surface area (Å²) < 4.78 is 0. The van der Waals surface area contributed by atoms with E-state index < -0.39 is 6.10 Å². The molecule has 0 amide bonds. The van der Waals surface area contributed by atoms with E-state index in [1.54, 1.807) is 0 Å². The third-order valence-electron chi connectivity index (χ3n) is 4.34. The van der Waals surface area contributed by atoms with Crippen LogP contribution in [0.15, 0.2) is 24.3 Å². The fourth-order valence-electron chi connectivity index (χ4n) is 2.64. The Morgan fingerprint density at radius 1 is 0.833 bits per heavy atom. The molecule has 0 aliphatic carbocycles. The van der Waals surface area contributed by atoms with Crippen LogP contribution in [0.4, 0.5) is 0 Å². The van der Waals surface area contributed by atoms with Gasteiger partial charge in [-0.3, -0.25) is 4.79 Å². The lowest BCUT2D eigenvalue weighted by Crippen LogP contribution is -2.11. The van der Waals surface area contributed by atoms with E-state index >= 15 is 0 Å². The Bertz CT molecular complexity index is 331. The molecule has 0 aliphatic heterocycles. The first-order chi connectivity index (χ1) is 11.7. The van der Waals surface area contributed by atoms with Crippen LogP contribution in [0.3, 0.4) is 0 Å². The Balaban J connectivity index is 3.30. The summed E-state index contributed by atoms with van der Waals surface area (Å²) in [5, 5.41) is 9.42. The SMILES string of the molecule is CCCCC/C=C\C/C=C\CCCCCCCC(=O)CC(O)CC. The maximum Gasteiger partial charge on any atom is 0.135 e. The summed E-state index contributed by atoms with van der Waals surface area (Å²) in [5.41, 5.74) is 0. The second kappa shape index (κ2) is 18.4. The summed E-state index contributed by atoms with van der Waals surface area (Å²) in [6.45, 7) is 4.15. The standard InChI is InChI=1S/C22H40O2/c1-3-5-6-7-8-9-10-11-12-13-14-15-16-17-18-19-22(24)20-21(23)4-2/h8-9,11-12,21,23H,3-7,10,13-20H2,1-2H3/b9-8-,12-11-. The largest absolute Gasteiger partial charge is 0.393 e. The topological polar surface area (TPSA) is 37.3 Å². The van der Waals surface area contributed by atoms with Gasteiger partial charge < -0.3 is 5.11 Å². The molecule has 0 aromatic carbocycles. The number of allylic oxidation sites excluding steroid dienone is 4. The molecule has 2 heteroatoms. The van der Waals surface area contributed by atoms with Gasteiger partial charge in [-0.05, 0) is 44.9 Å². The van der Waals surface area contributed by atoms with Crippen LogP contribution in [0, 0.1) is 0 Å². The minimum absolute atomic E-state index is 0.218. The number of unbranched alkanes of at least 4 members (excludes halogenated alkanes) is 8. The molecule has 0 radical (unpaired) electrons. The van der Waals surface area contributed by atoms with Gasteiger partial charge in [-0.25, -0.2) is 0 Å². The van der Waals surface area contributed by atoms with Crippen LogP contribution >= 0.6 is 0 Å². The van der Waals surface area contributed by atoms with Gasteiger partial charge in [0.15, 0.2) is 0 Å². The van der Waals surface area contributed by atoms with E-state index in [4.69, 9.17) is 0 Å². The number of hydrogen-bond donors (Lipinski definition) is 1. The average molecular weight is 337 g/mol. The number of aliphatic hydroxyl groups excluding tert-OH is 1. The summed E-state index contributed by atoms with van der Waals surface area (Å²) in [7, 11) is 0. The molecule has 2 nitrogen and oxygen atoms in total. The smallest absolute Gasteiger partial charge is 0.135 e.